The molecule has 3 rings (SSSR count). The quantitative estimate of drug-likeness (QED) is 0.650. The third-order valence-electron chi connectivity index (χ3n) is 3.77. The lowest BCUT2D eigenvalue weighted by Crippen LogP contribution is -2.05. The van der Waals surface area contributed by atoms with E-state index in [1.807, 2.05) is 56.3 Å². The number of carbonyl (C=O) groups is 1. The summed E-state index contributed by atoms with van der Waals surface area (Å²) >= 11 is 0. The van der Waals surface area contributed by atoms with Gasteiger partial charge in [0.1, 0.15) is 0 Å². The summed E-state index contributed by atoms with van der Waals surface area (Å²) in [6, 6.07) is 13.5. The van der Waals surface area contributed by atoms with Crippen LogP contribution in [-0.2, 0) is 0 Å². The third-order valence-corrected chi connectivity index (χ3v) is 3.77. The first-order valence-corrected chi connectivity index (χ1v) is 6.62. The van der Waals surface area contributed by atoms with Crippen molar-refractivity contribution in [3.63, 3.8) is 0 Å². The average Bonchev–Trinajstić information content (AvgIpc) is 2.49. The molecule has 0 spiro atoms. The minimum absolute atomic E-state index is 0.0722. The minimum Gasteiger partial charge on any atom is -0.289 e. The summed E-state index contributed by atoms with van der Waals surface area (Å²) in [5.74, 6) is 0.0722. The van der Waals surface area contributed by atoms with Crippen LogP contribution in [0.25, 0.3) is 10.8 Å². The largest absolute Gasteiger partial charge is 0.289 e. The van der Waals surface area contributed by atoms with Crippen LogP contribution >= 0.6 is 0 Å². The number of aryl methyl sites for hydroxylation is 1. The van der Waals surface area contributed by atoms with Crippen molar-refractivity contribution in [1.82, 2.24) is 4.98 Å². The molecule has 1 aromatic heterocycles. The number of aromatic nitrogens is 1. The molecule has 2 nitrogen and oxygen atoms in total. The fourth-order valence-corrected chi connectivity index (χ4v) is 2.46. The number of pyridine rings is 1. The van der Waals surface area contributed by atoms with Gasteiger partial charge in [-0.15, -0.1) is 0 Å². The highest BCUT2D eigenvalue weighted by atomic mass is 16.1. The van der Waals surface area contributed by atoms with Crippen molar-refractivity contribution in [2.45, 2.75) is 13.8 Å². The van der Waals surface area contributed by atoms with Gasteiger partial charge >= 0.3 is 0 Å². The van der Waals surface area contributed by atoms with Crippen LogP contribution in [-0.4, -0.2) is 10.8 Å². The van der Waals surface area contributed by atoms with Crippen LogP contribution < -0.4 is 0 Å². The van der Waals surface area contributed by atoms with Gasteiger partial charge in [0, 0.05) is 28.9 Å². The topological polar surface area (TPSA) is 30.0 Å². The molecule has 0 saturated heterocycles. The van der Waals surface area contributed by atoms with Gasteiger partial charge in [-0.3, -0.25) is 9.78 Å². The Bertz CT molecular complexity index is 800. The number of fused-ring (bicyclic) bond motifs is 1. The van der Waals surface area contributed by atoms with Crippen LogP contribution in [0.4, 0.5) is 0 Å². The van der Waals surface area contributed by atoms with Gasteiger partial charge in [0.05, 0.1) is 0 Å². The Morgan fingerprint density at radius 1 is 0.950 bits per heavy atom. The van der Waals surface area contributed by atoms with E-state index >= 15 is 0 Å². The summed E-state index contributed by atoms with van der Waals surface area (Å²) in [5, 5.41) is 1.94. The second kappa shape index (κ2) is 4.89. The minimum atomic E-state index is 0.0722. The molecule has 20 heavy (non-hydrogen) atoms. The molecular formula is C18H15NO. The molecule has 1 heterocycles. The monoisotopic (exact) mass is 261 g/mol. The standard InChI is InChI=1S/C18H15NO/c1-12-5-3-7-15(13(12)2)18(20)17-8-4-6-14-11-19-10-9-16(14)17/h3-11H,1-2H3. The van der Waals surface area contributed by atoms with Gasteiger partial charge in [-0.2, -0.15) is 0 Å². The average molecular weight is 261 g/mol. The molecule has 0 radical (unpaired) electrons. The molecular weight excluding hydrogens is 246 g/mol. The van der Waals surface area contributed by atoms with E-state index in [1.165, 1.54) is 0 Å². The van der Waals surface area contributed by atoms with E-state index in [0.29, 0.717) is 0 Å². The summed E-state index contributed by atoms with van der Waals surface area (Å²) in [5.41, 5.74) is 3.69. The molecule has 0 aliphatic rings. The SMILES string of the molecule is Cc1cccc(C(=O)c2cccc3cnccc23)c1C. The lowest BCUT2D eigenvalue weighted by molar-refractivity contribution is 0.103. The van der Waals surface area contributed by atoms with Crippen molar-refractivity contribution in [2.75, 3.05) is 0 Å². The van der Waals surface area contributed by atoms with E-state index in [4.69, 9.17) is 0 Å². The number of benzene rings is 2. The molecule has 2 heteroatoms. The van der Waals surface area contributed by atoms with Gasteiger partial charge < -0.3 is 0 Å². The van der Waals surface area contributed by atoms with Crippen LogP contribution in [0.5, 0.6) is 0 Å². The van der Waals surface area contributed by atoms with E-state index < -0.39 is 0 Å². The van der Waals surface area contributed by atoms with Crippen LogP contribution in [0.2, 0.25) is 0 Å². The number of hydrogen-bond acceptors (Lipinski definition) is 2. The summed E-state index contributed by atoms with van der Waals surface area (Å²) in [7, 11) is 0. The van der Waals surface area contributed by atoms with Crippen LogP contribution in [0, 0.1) is 13.8 Å². The lowest BCUT2D eigenvalue weighted by atomic mass is 9.94. The number of rotatable bonds is 2. The second-order valence-electron chi connectivity index (χ2n) is 4.98. The van der Waals surface area contributed by atoms with Gasteiger partial charge in [-0.05, 0) is 36.4 Å². The Kier molecular flexibility index (Phi) is 3.07. The Balaban J connectivity index is 2.21. The fourth-order valence-electron chi connectivity index (χ4n) is 2.46. The highest BCUT2D eigenvalue weighted by Gasteiger charge is 2.14. The number of nitrogens with zero attached hydrogens (tertiary/aromatic N) is 1. The highest BCUT2D eigenvalue weighted by molar-refractivity contribution is 6.17. The van der Waals surface area contributed by atoms with E-state index in [0.717, 1.165) is 33.0 Å². The Labute approximate surface area is 118 Å². The van der Waals surface area contributed by atoms with E-state index in [9.17, 15) is 4.79 Å². The van der Waals surface area contributed by atoms with Crippen molar-refractivity contribution in [1.29, 1.82) is 0 Å². The summed E-state index contributed by atoms with van der Waals surface area (Å²) < 4.78 is 0. The predicted octanol–water partition coefficient (Wildman–Crippen LogP) is 4.08. The van der Waals surface area contributed by atoms with E-state index in [2.05, 4.69) is 4.98 Å². The first-order valence-electron chi connectivity index (χ1n) is 6.62. The zero-order chi connectivity index (χ0) is 14.1. The Hall–Kier alpha value is -2.48. The molecule has 3 aromatic rings. The molecule has 0 N–H and O–H groups in total. The highest BCUT2D eigenvalue weighted by Crippen LogP contribution is 2.23. The first-order chi connectivity index (χ1) is 9.68. The van der Waals surface area contributed by atoms with Gasteiger partial charge in [0.15, 0.2) is 5.78 Å². The fraction of sp³-hybridized carbons (Fsp3) is 0.111. The molecule has 0 amide bonds. The van der Waals surface area contributed by atoms with Gasteiger partial charge in [0.25, 0.3) is 0 Å². The van der Waals surface area contributed by atoms with Gasteiger partial charge in [0.2, 0.25) is 0 Å². The smallest absolute Gasteiger partial charge is 0.193 e. The molecule has 0 atom stereocenters. The zero-order valence-corrected chi connectivity index (χ0v) is 11.6. The molecule has 0 aliphatic heterocycles. The van der Waals surface area contributed by atoms with E-state index in [-0.39, 0.29) is 5.78 Å². The first kappa shape index (κ1) is 12.5. The number of carbonyl (C=O) groups excluding carboxylic acids is 1. The lowest BCUT2D eigenvalue weighted by Gasteiger charge is -2.09. The van der Waals surface area contributed by atoms with Crippen molar-refractivity contribution in [3.8, 4) is 0 Å². The van der Waals surface area contributed by atoms with Crippen molar-refractivity contribution in [3.05, 3.63) is 77.1 Å². The predicted molar refractivity (Wildman–Crippen MR) is 81.1 cm³/mol. The van der Waals surface area contributed by atoms with Crippen molar-refractivity contribution >= 4 is 16.6 Å². The summed E-state index contributed by atoms with van der Waals surface area (Å²) in [6.45, 7) is 4.02. The molecule has 0 aliphatic carbocycles. The number of hydrogen-bond donors (Lipinski definition) is 0. The third kappa shape index (κ3) is 1.99. The molecule has 0 unspecified atom stereocenters. The molecule has 0 bridgehead atoms. The van der Waals surface area contributed by atoms with Crippen molar-refractivity contribution < 1.29 is 4.79 Å². The van der Waals surface area contributed by atoms with Crippen LogP contribution in [0.1, 0.15) is 27.0 Å². The summed E-state index contributed by atoms with van der Waals surface area (Å²) in [4.78, 5) is 16.9. The van der Waals surface area contributed by atoms with Crippen molar-refractivity contribution in [2.24, 2.45) is 0 Å². The second-order valence-corrected chi connectivity index (χ2v) is 4.98. The maximum Gasteiger partial charge on any atom is 0.193 e. The maximum atomic E-state index is 12.8. The zero-order valence-electron chi connectivity index (χ0n) is 11.6. The van der Waals surface area contributed by atoms with E-state index in [1.54, 1.807) is 12.4 Å². The summed E-state index contributed by atoms with van der Waals surface area (Å²) in [6.07, 6.45) is 3.51. The molecule has 2 aromatic carbocycles. The van der Waals surface area contributed by atoms with Gasteiger partial charge in [-0.1, -0.05) is 36.4 Å². The molecule has 0 saturated carbocycles. The maximum absolute atomic E-state index is 12.8. The normalized spacial score (nSPS) is 10.7. The molecule has 0 fully saturated rings. The Morgan fingerprint density at radius 2 is 1.70 bits per heavy atom. The van der Waals surface area contributed by atoms with Crippen LogP contribution in [0.15, 0.2) is 54.9 Å². The molecule has 98 valence electrons. The van der Waals surface area contributed by atoms with Crippen LogP contribution in [0.3, 0.4) is 0 Å². The Morgan fingerprint density at radius 3 is 2.55 bits per heavy atom. The number of ketones is 1. The van der Waals surface area contributed by atoms with Gasteiger partial charge in [-0.25, -0.2) is 0 Å².